The van der Waals surface area contributed by atoms with Gasteiger partial charge in [-0.3, -0.25) is 9.78 Å². The maximum atomic E-state index is 11.5. The van der Waals surface area contributed by atoms with Crippen LogP contribution in [0.5, 0.6) is 0 Å². The fourth-order valence-electron chi connectivity index (χ4n) is 1.94. The average molecular weight is 187 g/mol. The van der Waals surface area contributed by atoms with Gasteiger partial charge >= 0.3 is 0 Å². The second-order valence-electron chi connectivity index (χ2n) is 3.41. The first-order valence-corrected chi connectivity index (χ1v) is 4.59. The Morgan fingerprint density at radius 3 is 3.29 bits per heavy atom. The summed E-state index contributed by atoms with van der Waals surface area (Å²) < 4.78 is 0. The van der Waals surface area contributed by atoms with Crippen molar-refractivity contribution in [3.05, 3.63) is 29.7 Å². The zero-order valence-electron chi connectivity index (χ0n) is 7.50. The van der Waals surface area contributed by atoms with Gasteiger partial charge in [0.25, 0.3) is 5.91 Å². The molecule has 3 rings (SSSR count). The van der Waals surface area contributed by atoms with E-state index in [2.05, 4.69) is 15.3 Å². The van der Waals surface area contributed by atoms with Gasteiger partial charge in [-0.1, -0.05) is 0 Å². The van der Waals surface area contributed by atoms with E-state index in [1.165, 1.54) is 0 Å². The molecule has 4 heteroatoms. The van der Waals surface area contributed by atoms with Crippen LogP contribution in [0.15, 0.2) is 18.5 Å². The van der Waals surface area contributed by atoms with Gasteiger partial charge in [0.15, 0.2) is 0 Å². The number of rotatable bonds is 0. The van der Waals surface area contributed by atoms with Gasteiger partial charge in [0.2, 0.25) is 0 Å². The minimum atomic E-state index is -0.0116. The average Bonchev–Trinajstić information content (AvgIpc) is 2.59. The predicted octanol–water partition coefficient (Wildman–Crippen LogP) is 0.849. The van der Waals surface area contributed by atoms with E-state index < -0.39 is 0 Å². The van der Waals surface area contributed by atoms with Crippen molar-refractivity contribution in [2.45, 2.75) is 6.42 Å². The molecule has 1 amide bonds. The first-order chi connectivity index (χ1) is 6.86. The van der Waals surface area contributed by atoms with Gasteiger partial charge in [-0.15, -0.1) is 0 Å². The highest BCUT2D eigenvalue weighted by Gasteiger charge is 2.20. The van der Waals surface area contributed by atoms with Crippen LogP contribution in [0.1, 0.15) is 16.1 Å². The molecule has 0 bridgehead atoms. The molecule has 3 heterocycles. The Hall–Kier alpha value is -1.84. The summed E-state index contributed by atoms with van der Waals surface area (Å²) in [6.45, 7) is 0.723. The van der Waals surface area contributed by atoms with Gasteiger partial charge in [0.05, 0.1) is 11.7 Å². The van der Waals surface area contributed by atoms with E-state index in [4.69, 9.17) is 0 Å². The first-order valence-electron chi connectivity index (χ1n) is 4.59. The second-order valence-corrected chi connectivity index (χ2v) is 3.41. The van der Waals surface area contributed by atoms with Crippen molar-refractivity contribution in [3.8, 4) is 0 Å². The summed E-state index contributed by atoms with van der Waals surface area (Å²) in [4.78, 5) is 18.6. The third-order valence-electron chi connectivity index (χ3n) is 2.60. The first kappa shape index (κ1) is 7.55. The number of fused-ring (bicyclic) bond motifs is 3. The Bertz CT molecular complexity index is 515. The molecular formula is C10H9N3O. The third-order valence-corrected chi connectivity index (χ3v) is 2.60. The van der Waals surface area contributed by atoms with Crippen LogP contribution in [0.3, 0.4) is 0 Å². The number of carbonyl (C=O) groups is 1. The number of aromatic amines is 1. The molecule has 0 radical (unpaired) electrons. The van der Waals surface area contributed by atoms with Crippen molar-refractivity contribution in [1.82, 2.24) is 15.3 Å². The topological polar surface area (TPSA) is 57.8 Å². The standard InChI is InChI=1S/C10H9N3O/c14-10-9-7(2-4-12-10)6-1-3-11-5-8(6)13-9/h1,3,5,13H,2,4H2,(H,12,14). The molecule has 4 nitrogen and oxygen atoms in total. The summed E-state index contributed by atoms with van der Waals surface area (Å²) in [7, 11) is 0. The number of nitrogens with one attached hydrogen (secondary N) is 2. The fourth-order valence-corrected chi connectivity index (χ4v) is 1.94. The third kappa shape index (κ3) is 0.878. The van der Waals surface area contributed by atoms with Crippen molar-refractivity contribution < 1.29 is 4.79 Å². The molecule has 0 saturated carbocycles. The van der Waals surface area contributed by atoms with E-state index in [1.54, 1.807) is 12.4 Å². The molecule has 0 aromatic carbocycles. The van der Waals surface area contributed by atoms with Crippen LogP contribution in [0.4, 0.5) is 0 Å². The van der Waals surface area contributed by atoms with E-state index >= 15 is 0 Å². The lowest BCUT2D eigenvalue weighted by Gasteiger charge is -2.11. The number of pyridine rings is 1. The van der Waals surface area contributed by atoms with Crippen LogP contribution < -0.4 is 5.32 Å². The molecule has 0 unspecified atom stereocenters. The van der Waals surface area contributed by atoms with E-state index in [0.717, 1.165) is 29.4 Å². The molecule has 0 spiro atoms. The molecule has 70 valence electrons. The summed E-state index contributed by atoms with van der Waals surface area (Å²) in [6, 6.07) is 1.95. The van der Waals surface area contributed by atoms with Gasteiger partial charge in [-0.2, -0.15) is 0 Å². The van der Waals surface area contributed by atoms with Crippen LogP contribution in [-0.2, 0) is 6.42 Å². The monoisotopic (exact) mass is 187 g/mol. The lowest BCUT2D eigenvalue weighted by molar-refractivity contribution is 0.0942. The number of hydrogen-bond donors (Lipinski definition) is 2. The summed E-state index contributed by atoms with van der Waals surface area (Å²) in [5.74, 6) is -0.0116. The zero-order chi connectivity index (χ0) is 9.54. The molecule has 2 N–H and O–H groups in total. The molecule has 1 aliphatic heterocycles. The molecule has 14 heavy (non-hydrogen) atoms. The van der Waals surface area contributed by atoms with Gasteiger partial charge in [-0.05, 0) is 18.1 Å². The molecule has 0 saturated heterocycles. The summed E-state index contributed by atoms with van der Waals surface area (Å²) in [5.41, 5.74) is 2.75. The summed E-state index contributed by atoms with van der Waals surface area (Å²) >= 11 is 0. The lowest BCUT2D eigenvalue weighted by Crippen LogP contribution is -2.31. The minimum absolute atomic E-state index is 0.0116. The number of carbonyl (C=O) groups excluding carboxylic acids is 1. The summed E-state index contributed by atoms with van der Waals surface area (Å²) in [5, 5.41) is 3.92. The van der Waals surface area contributed by atoms with Gasteiger partial charge in [0.1, 0.15) is 5.69 Å². The Labute approximate surface area is 80.3 Å². The number of amides is 1. The smallest absolute Gasteiger partial charge is 0.268 e. The minimum Gasteiger partial charge on any atom is -0.350 e. The van der Waals surface area contributed by atoms with Crippen molar-refractivity contribution in [2.24, 2.45) is 0 Å². The molecule has 0 fully saturated rings. The van der Waals surface area contributed by atoms with Crippen LogP contribution in [0, 0.1) is 0 Å². The van der Waals surface area contributed by atoms with E-state index in [-0.39, 0.29) is 5.91 Å². The van der Waals surface area contributed by atoms with E-state index in [1.807, 2.05) is 6.07 Å². The molecule has 2 aromatic heterocycles. The maximum Gasteiger partial charge on any atom is 0.268 e. The largest absolute Gasteiger partial charge is 0.350 e. The van der Waals surface area contributed by atoms with Crippen molar-refractivity contribution in [1.29, 1.82) is 0 Å². The molecule has 0 aliphatic carbocycles. The Balaban J connectivity index is 2.38. The fraction of sp³-hybridized carbons (Fsp3) is 0.200. The van der Waals surface area contributed by atoms with Gasteiger partial charge in [-0.25, -0.2) is 0 Å². The maximum absolute atomic E-state index is 11.5. The number of aromatic nitrogens is 2. The highest BCUT2D eigenvalue weighted by atomic mass is 16.1. The normalized spacial score (nSPS) is 15.3. The van der Waals surface area contributed by atoms with Gasteiger partial charge in [0, 0.05) is 18.1 Å². The van der Waals surface area contributed by atoms with Crippen LogP contribution in [0.2, 0.25) is 0 Å². The quantitative estimate of drug-likeness (QED) is 0.642. The second kappa shape index (κ2) is 2.57. The molecule has 2 aromatic rings. The lowest BCUT2D eigenvalue weighted by atomic mass is 10.1. The number of H-pyrrole nitrogens is 1. The Kier molecular flexibility index (Phi) is 1.39. The Morgan fingerprint density at radius 1 is 1.43 bits per heavy atom. The predicted molar refractivity (Wildman–Crippen MR) is 52.1 cm³/mol. The van der Waals surface area contributed by atoms with Crippen LogP contribution >= 0.6 is 0 Å². The van der Waals surface area contributed by atoms with Gasteiger partial charge < -0.3 is 10.3 Å². The SMILES string of the molecule is O=C1NCCc2c1[nH]c1cnccc21. The molecular weight excluding hydrogens is 178 g/mol. The summed E-state index contributed by atoms with van der Waals surface area (Å²) in [6.07, 6.45) is 4.40. The van der Waals surface area contributed by atoms with Crippen molar-refractivity contribution in [3.63, 3.8) is 0 Å². The highest BCUT2D eigenvalue weighted by molar-refractivity contribution is 6.01. The highest BCUT2D eigenvalue weighted by Crippen LogP contribution is 2.23. The molecule has 1 aliphatic rings. The number of nitrogens with zero attached hydrogens (tertiary/aromatic N) is 1. The van der Waals surface area contributed by atoms with E-state index in [9.17, 15) is 4.79 Å². The van der Waals surface area contributed by atoms with Crippen molar-refractivity contribution >= 4 is 16.8 Å². The van der Waals surface area contributed by atoms with E-state index in [0.29, 0.717) is 5.69 Å². The number of hydrogen-bond acceptors (Lipinski definition) is 2. The Morgan fingerprint density at radius 2 is 2.36 bits per heavy atom. The van der Waals surface area contributed by atoms with Crippen molar-refractivity contribution in [2.75, 3.05) is 6.54 Å². The zero-order valence-corrected chi connectivity index (χ0v) is 7.50. The van der Waals surface area contributed by atoms with Crippen LogP contribution in [0.25, 0.3) is 10.9 Å². The van der Waals surface area contributed by atoms with Crippen LogP contribution in [-0.4, -0.2) is 22.4 Å². The molecule has 0 atom stereocenters.